The van der Waals surface area contributed by atoms with Crippen LogP contribution in [0.1, 0.15) is 39.0 Å². The third kappa shape index (κ3) is 3.81. The van der Waals surface area contributed by atoms with Gasteiger partial charge in [-0.05, 0) is 31.5 Å². The van der Waals surface area contributed by atoms with E-state index in [1.807, 2.05) is 0 Å². The molecular formula is C19H24N2O5S. The Morgan fingerprint density at radius 3 is 2.26 bits per heavy atom. The summed E-state index contributed by atoms with van der Waals surface area (Å²) in [4.78, 5) is 25.1. The number of ether oxygens (including phenoxy) is 1. The van der Waals surface area contributed by atoms with Crippen LogP contribution in [0.4, 0.5) is 0 Å². The standard InChI is InChI=1S/C19H24N2O5S/c1-6-21(27(24,25)15-10-8-7-9-11-15)12-16(22)17-13(2)18(19(23)26-5)20(4)14(17)3/h7-11H,6,12H2,1-5H3. The first kappa shape index (κ1) is 20.9. The maximum absolute atomic E-state index is 12.9. The fourth-order valence-corrected chi connectivity index (χ4v) is 4.55. The Kier molecular flexibility index (Phi) is 6.22. The van der Waals surface area contributed by atoms with E-state index >= 15 is 0 Å². The smallest absolute Gasteiger partial charge is 0.354 e. The van der Waals surface area contributed by atoms with Crippen molar-refractivity contribution >= 4 is 21.8 Å². The average molecular weight is 392 g/mol. The van der Waals surface area contributed by atoms with E-state index < -0.39 is 16.0 Å². The molecule has 0 atom stereocenters. The van der Waals surface area contributed by atoms with Gasteiger partial charge in [-0.1, -0.05) is 25.1 Å². The molecule has 0 saturated heterocycles. The number of esters is 1. The van der Waals surface area contributed by atoms with Crippen LogP contribution in [0.5, 0.6) is 0 Å². The monoisotopic (exact) mass is 392 g/mol. The number of aromatic nitrogens is 1. The molecule has 1 aromatic carbocycles. The van der Waals surface area contributed by atoms with Gasteiger partial charge in [-0.15, -0.1) is 0 Å². The van der Waals surface area contributed by atoms with E-state index in [2.05, 4.69) is 0 Å². The molecule has 0 amide bonds. The van der Waals surface area contributed by atoms with Crippen LogP contribution < -0.4 is 0 Å². The largest absolute Gasteiger partial charge is 0.464 e. The number of sulfonamides is 1. The van der Waals surface area contributed by atoms with Gasteiger partial charge in [0.15, 0.2) is 5.78 Å². The van der Waals surface area contributed by atoms with E-state index in [1.54, 1.807) is 50.6 Å². The molecule has 0 N–H and O–H groups in total. The van der Waals surface area contributed by atoms with Crippen molar-refractivity contribution in [3.05, 3.63) is 52.8 Å². The molecule has 8 heteroatoms. The summed E-state index contributed by atoms with van der Waals surface area (Å²) in [6.45, 7) is 4.90. The molecule has 2 rings (SSSR count). The number of hydrogen-bond donors (Lipinski definition) is 0. The molecule has 0 bridgehead atoms. The SMILES string of the molecule is CCN(CC(=O)c1c(C)c(C(=O)OC)n(C)c1C)S(=O)(=O)c1ccccc1. The Morgan fingerprint density at radius 1 is 1.15 bits per heavy atom. The molecular weight excluding hydrogens is 368 g/mol. The van der Waals surface area contributed by atoms with Gasteiger partial charge in [-0.2, -0.15) is 4.31 Å². The zero-order valence-electron chi connectivity index (χ0n) is 16.1. The van der Waals surface area contributed by atoms with Crippen LogP contribution in [0.25, 0.3) is 0 Å². The number of hydrogen-bond acceptors (Lipinski definition) is 5. The van der Waals surface area contributed by atoms with Gasteiger partial charge in [0.1, 0.15) is 5.69 Å². The van der Waals surface area contributed by atoms with E-state index in [0.717, 1.165) is 4.31 Å². The minimum absolute atomic E-state index is 0.136. The Bertz CT molecular complexity index is 962. The normalized spacial score (nSPS) is 11.6. The highest BCUT2D eigenvalue weighted by Crippen LogP contribution is 2.24. The lowest BCUT2D eigenvalue weighted by atomic mass is 10.1. The van der Waals surface area contributed by atoms with Crippen molar-refractivity contribution in [3.8, 4) is 0 Å². The van der Waals surface area contributed by atoms with Crippen LogP contribution in [-0.2, 0) is 21.8 Å². The number of rotatable bonds is 7. The molecule has 2 aromatic rings. The lowest BCUT2D eigenvalue weighted by Gasteiger charge is -2.20. The molecule has 0 unspecified atom stereocenters. The summed E-state index contributed by atoms with van der Waals surface area (Å²) in [5.41, 5.74) is 1.71. The van der Waals surface area contributed by atoms with Gasteiger partial charge in [0.25, 0.3) is 0 Å². The fraction of sp³-hybridized carbons (Fsp3) is 0.368. The lowest BCUT2D eigenvalue weighted by molar-refractivity contribution is 0.0588. The Balaban J connectivity index is 2.40. The van der Waals surface area contributed by atoms with Crippen molar-refractivity contribution in [1.29, 1.82) is 0 Å². The molecule has 146 valence electrons. The van der Waals surface area contributed by atoms with E-state index in [0.29, 0.717) is 16.8 Å². The maximum Gasteiger partial charge on any atom is 0.354 e. The van der Waals surface area contributed by atoms with Crippen LogP contribution in [-0.4, -0.2) is 49.2 Å². The highest BCUT2D eigenvalue weighted by Gasteiger charge is 2.30. The van der Waals surface area contributed by atoms with E-state index in [9.17, 15) is 18.0 Å². The Hall–Kier alpha value is -2.45. The predicted molar refractivity (Wildman–Crippen MR) is 101 cm³/mol. The summed E-state index contributed by atoms with van der Waals surface area (Å²) < 4.78 is 33.2. The van der Waals surface area contributed by atoms with Crippen LogP contribution in [0.2, 0.25) is 0 Å². The van der Waals surface area contributed by atoms with Crippen molar-refractivity contribution in [1.82, 2.24) is 8.87 Å². The zero-order valence-corrected chi connectivity index (χ0v) is 17.0. The number of carbonyl (C=O) groups excluding carboxylic acids is 2. The molecule has 0 saturated carbocycles. The second kappa shape index (κ2) is 8.06. The molecule has 0 aliphatic carbocycles. The first-order valence-corrected chi connectivity index (χ1v) is 9.93. The molecule has 27 heavy (non-hydrogen) atoms. The van der Waals surface area contributed by atoms with Crippen LogP contribution in [0.3, 0.4) is 0 Å². The van der Waals surface area contributed by atoms with E-state index in [4.69, 9.17) is 4.74 Å². The molecule has 0 radical (unpaired) electrons. The molecule has 0 aliphatic rings. The van der Waals surface area contributed by atoms with Crippen LogP contribution >= 0.6 is 0 Å². The molecule has 1 heterocycles. The van der Waals surface area contributed by atoms with Gasteiger partial charge in [0.05, 0.1) is 18.6 Å². The minimum atomic E-state index is -3.79. The average Bonchev–Trinajstić information content (AvgIpc) is 2.88. The molecule has 0 aliphatic heterocycles. The molecule has 1 aromatic heterocycles. The van der Waals surface area contributed by atoms with Gasteiger partial charge >= 0.3 is 5.97 Å². The van der Waals surface area contributed by atoms with Crippen molar-refractivity contribution < 1.29 is 22.7 Å². The summed E-state index contributed by atoms with van der Waals surface area (Å²) in [6.07, 6.45) is 0. The number of methoxy groups -OCH3 is 1. The molecule has 0 spiro atoms. The quantitative estimate of drug-likeness (QED) is 0.533. The lowest BCUT2D eigenvalue weighted by Crippen LogP contribution is -2.35. The van der Waals surface area contributed by atoms with Gasteiger partial charge < -0.3 is 9.30 Å². The summed E-state index contributed by atoms with van der Waals surface area (Å²) in [7, 11) is -0.845. The van der Waals surface area contributed by atoms with Crippen LogP contribution in [0, 0.1) is 13.8 Å². The van der Waals surface area contributed by atoms with Crippen molar-refractivity contribution in [3.63, 3.8) is 0 Å². The van der Waals surface area contributed by atoms with Crippen LogP contribution in [0.15, 0.2) is 35.2 Å². The van der Waals surface area contributed by atoms with Crippen molar-refractivity contribution in [2.75, 3.05) is 20.2 Å². The molecule has 0 fully saturated rings. The highest BCUT2D eigenvalue weighted by atomic mass is 32.2. The molecule has 7 nitrogen and oxygen atoms in total. The predicted octanol–water partition coefficient (Wildman–Crippen LogP) is 2.32. The van der Waals surface area contributed by atoms with Gasteiger partial charge in [0, 0.05) is 24.8 Å². The first-order valence-electron chi connectivity index (χ1n) is 8.49. The van der Waals surface area contributed by atoms with Gasteiger partial charge in [-0.25, -0.2) is 13.2 Å². The number of carbonyl (C=O) groups is 2. The third-order valence-corrected chi connectivity index (χ3v) is 6.58. The number of benzene rings is 1. The number of Topliss-reactive ketones (excluding diaryl/α,β-unsaturated/α-hetero) is 1. The summed E-state index contributed by atoms with van der Waals surface area (Å²) in [5.74, 6) is -0.904. The van der Waals surface area contributed by atoms with Gasteiger partial charge in [-0.3, -0.25) is 4.79 Å². The highest BCUT2D eigenvalue weighted by molar-refractivity contribution is 7.89. The Labute approximate surface area is 159 Å². The third-order valence-electron chi connectivity index (χ3n) is 4.64. The van der Waals surface area contributed by atoms with Crippen molar-refractivity contribution in [2.24, 2.45) is 7.05 Å². The minimum Gasteiger partial charge on any atom is -0.464 e. The van der Waals surface area contributed by atoms with Crippen molar-refractivity contribution in [2.45, 2.75) is 25.7 Å². The summed E-state index contributed by atoms with van der Waals surface area (Å²) in [5, 5.41) is 0. The Morgan fingerprint density at radius 2 is 1.74 bits per heavy atom. The fourth-order valence-electron chi connectivity index (χ4n) is 3.12. The second-order valence-electron chi connectivity index (χ2n) is 6.15. The number of nitrogens with zero attached hydrogens (tertiary/aromatic N) is 2. The van der Waals surface area contributed by atoms with E-state index in [1.165, 1.54) is 19.2 Å². The first-order chi connectivity index (χ1) is 12.7. The van der Waals surface area contributed by atoms with Gasteiger partial charge in [0.2, 0.25) is 10.0 Å². The number of ketones is 1. The summed E-state index contributed by atoms with van der Waals surface area (Å²) in [6, 6.07) is 7.99. The van der Waals surface area contributed by atoms with E-state index in [-0.39, 0.29) is 29.5 Å². The second-order valence-corrected chi connectivity index (χ2v) is 8.09. The maximum atomic E-state index is 12.9. The topological polar surface area (TPSA) is 85.7 Å². The zero-order chi connectivity index (χ0) is 20.4. The summed E-state index contributed by atoms with van der Waals surface area (Å²) >= 11 is 0. The number of likely N-dealkylation sites (N-methyl/N-ethyl adjacent to an activating group) is 1.